The molecule has 1 rings (SSSR count). The average molecular weight is 279 g/mol. The molecule has 0 unspecified atom stereocenters. The van der Waals surface area contributed by atoms with E-state index < -0.39 is 0 Å². The Bertz CT molecular complexity index is 459. The molecule has 1 aromatic carbocycles. The number of rotatable bonds is 8. The molecule has 0 saturated carbocycles. The first-order chi connectivity index (χ1) is 9.60. The summed E-state index contributed by atoms with van der Waals surface area (Å²) >= 11 is 0. The van der Waals surface area contributed by atoms with E-state index in [1.165, 1.54) is 6.07 Å². The van der Waals surface area contributed by atoms with E-state index >= 15 is 0 Å². The first-order valence-corrected chi connectivity index (χ1v) is 6.80. The Labute approximate surface area is 118 Å². The number of hydrogen-bond acceptors (Lipinski definition) is 4. The highest BCUT2D eigenvalue weighted by atomic mass is 16.6. The molecule has 0 aliphatic heterocycles. The number of amides is 1. The molecule has 0 aliphatic rings. The van der Waals surface area contributed by atoms with Crippen LogP contribution < -0.4 is 5.32 Å². The zero-order valence-corrected chi connectivity index (χ0v) is 12.0. The number of carbonyl (C=O) groups excluding carboxylic acids is 1. The van der Waals surface area contributed by atoms with Crippen molar-refractivity contribution in [3.8, 4) is 0 Å². The van der Waals surface area contributed by atoms with Gasteiger partial charge in [-0.1, -0.05) is 18.2 Å². The van der Waals surface area contributed by atoms with E-state index in [4.69, 9.17) is 0 Å². The molecule has 20 heavy (non-hydrogen) atoms. The minimum atomic E-state index is -0.379. The highest BCUT2D eigenvalue weighted by Gasteiger charge is 2.12. The number of nitro groups is 1. The minimum absolute atomic E-state index is 0.0533. The van der Waals surface area contributed by atoms with Crippen molar-refractivity contribution in [1.82, 2.24) is 10.2 Å². The fourth-order valence-electron chi connectivity index (χ4n) is 2.01. The Kier molecular flexibility index (Phi) is 6.66. The topological polar surface area (TPSA) is 75.5 Å². The summed E-state index contributed by atoms with van der Waals surface area (Å²) in [5, 5.41) is 13.9. The smallest absolute Gasteiger partial charge is 0.272 e. The molecule has 0 radical (unpaired) electrons. The Morgan fingerprint density at radius 3 is 2.55 bits per heavy atom. The molecule has 0 fully saturated rings. The molecule has 0 heterocycles. The molecule has 6 nitrogen and oxygen atoms in total. The number of hydrogen-bond donors (Lipinski definition) is 1. The lowest BCUT2D eigenvalue weighted by molar-refractivity contribution is -0.385. The molecule has 0 bridgehead atoms. The summed E-state index contributed by atoms with van der Waals surface area (Å²) in [7, 11) is 0. The first kappa shape index (κ1) is 16.1. The Balaban J connectivity index is 2.42. The van der Waals surface area contributed by atoms with Crippen molar-refractivity contribution in [2.75, 3.05) is 26.2 Å². The summed E-state index contributed by atoms with van der Waals surface area (Å²) in [5.74, 6) is 0.0533. The van der Waals surface area contributed by atoms with Crippen LogP contribution in [0.25, 0.3) is 0 Å². The molecular weight excluding hydrogens is 258 g/mol. The van der Waals surface area contributed by atoms with E-state index in [2.05, 4.69) is 5.32 Å². The van der Waals surface area contributed by atoms with Crippen LogP contribution >= 0.6 is 0 Å². The van der Waals surface area contributed by atoms with Crippen LogP contribution in [-0.2, 0) is 11.2 Å². The standard InChI is InChI=1S/C14H21N3O3/c1-3-16(4-2)14(18)11-15-10-9-12-7-5-6-8-13(12)17(19)20/h5-8,15H,3-4,9-11H2,1-2H3. The van der Waals surface area contributed by atoms with Crippen LogP contribution in [0.5, 0.6) is 0 Å². The van der Waals surface area contributed by atoms with Gasteiger partial charge < -0.3 is 10.2 Å². The van der Waals surface area contributed by atoms with Crippen LogP contribution in [0.3, 0.4) is 0 Å². The maximum absolute atomic E-state index is 11.7. The van der Waals surface area contributed by atoms with Gasteiger partial charge >= 0.3 is 0 Å². The van der Waals surface area contributed by atoms with Crippen molar-refractivity contribution in [3.05, 3.63) is 39.9 Å². The summed E-state index contributed by atoms with van der Waals surface area (Å²) in [5.41, 5.74) is 0.810. The fourth-order valence-corrected chi connectivity index (χ4v) is 2.01. The number of carbonyl (C=O) groups is 1. The van der Waals surface area contributed by atoms with E-state index in [-0.39, 0.29) is 23.1 Å². The van der Waals surface area contributed by atoms with Gasteiger partial charge in [-0.3, -0.25) is 14.9 Å². The Hall–Kier alpha value is -1.95. The number of nitro benzene ring substituents is 1. The predicted molar refractivity (Wildman–Crippen MR) is 77.6 cm³/mol. The Morgan fingerprint density at radius 1 is 1.30 bits per heavy atom. The highest BCUT2D eigenvalue weighted by Crippen LogP contribution is 2.17. The number of nitrogens with zero attached hydrogens (tertiary/aromatic N) is 2. The molecular formula is C14H21N3O3. The van der Waals surface area contributed by atoms with Crippen molar-refractivity contribution in [2.45, 2.75) is 20.3 Å². The normalized spacial score (nSPS) is 10.3. The van der Waals surface area contributed by atoms with Crippen LogP contribution in [0, 0.1) is 10.1 Å². The van der Waals surface area contributed by atoms with E-state index in [0.717, 1.165) is 0 Å². The molecule has 0 spiro atoms. The maximum Gasteiger partial charge on any atom is 0.272 e. The average Bonchev–Trinajstić information content (AvgIpc) is 2.45. The summed E-state index contributed by atoms with van der Waals surface area (Å²) < 4.78 is 0. The second-order valence-electron chi connectivity index (χ2n) is 4.38. The van der Waals surface area contributed by atoms with Crippen LogP contribution in [0.1, 0.15) is 19.4 Å². The van der Waals surface area contributed by atoms with Crippen LogP contribution in [0.2, 0.25) is 0 Å². The number of benzene rings is 1. The first-order valence-electron chi connectivity index (χ1n) is 6.80. The van der Waals surface area contributed by atoms with Crippen molar-refractivity contribution in [2.24, 2.45) is 0 Å². The predicted octanol–water partition coefficient (Wildman–Crippen LogP) is 1.60. The van der Waals surface area contributed by atoms with E-state index in [1.807, 2.05) is 13.8 Å². The van der Waals surface area contributed by atoms with E-state index in [1.54, 1.807) is 23.1 Å². The number of likely N-dealkylation sites (N-methyl/N-ethyl adjacent to an activating group) is 1. The van der Waals surface area contributed by atoms with E-state index in [9.17, 15) is 14.9 Å². The molecule has 110 valence electrons. The van der Waals surface area contributed by atoms with Gasteiger partial charge in [0.05, 0.1) is 11.5 Å². The third-order valence-corrected chi connectivity index (χ3v) is 3.15. The molecule has 0 saturated heterocycles. The van der Waals surface area contributed by atoms with Gasteiger partial charge in [-0.15, -0.1) is 0 Å². The SMILES string of the molecule is CCN(CC)C(=O)CNCCc1ccccc1[N+](=O)[O-]. The number of para-hydroxylation sites is 1. The molecule has 1 aromatic rings. The minimum Gasteiger partial charge on any atom is -0.342 e. The zero-order valence-electron chi connectivity index (χ0n) is 12.0. The van der Waals surface area contributed by atoms with Crippen molar-refractivity contribution < 1.29 is 9.72 Å². The molecule has 0 aromatic heterocycles. The monoisotopic (exact) mass is 279 g/mol. The van der Waals surface area contributed by atoms with E-state index in [0.29, 0.717) is 31.6 Å². The highest BCUT2D eigenvalue weighted by molar-refractivity contribution is 5.78. The van der Waals surface area contributed by atoms with Gasteiger partial charge in [0, 0.05) is 24.7 Å². The lowest BCUT2D eigenvalue weighted by Gasteiger charge is -2.18. The maximum atomic E-state index is 11.7. The lowest BCUT2D eigenvalue weighted by Crippen LogP contribution is -2.38. The molecule has 0 atom stereocenters. The van der Waals surface area contributed by atoms with Crippen LogP contribution in [0.4, 0.5) is 5.69 Å². The van der Waals surface area contributed by atoms with Crippen molar-refractivity contribution in [1.29, 1.82) is 0 Å². The van der Waals surface area contributed by atoms with Gasteiger partial charge in [0.1, 0.15) is 0 Å². The quantitative estimate of drug-likeness (QED) is 0.445. The second-order valence-corrected chi connectivity index (χ2v) is 4.38. The summed E-state index contributed by atoms with van der Waals surface area (Å²) in [6, 6.07) is 6.67. The Morgan fingerprint density at radius 2 is 1.95 bits per heavy atom. The molecule has 6 heteroatoms. The summed E-state index contributed by atoms with van der Waals surface area (Å²) in [6.07, 6.45) is 0.530. The summed E-state index contributed by atoms with van der Waals surface area (Å²) in [4.78, 5) is 24.0. The van der Waals surface area contributed by atoms with Gasteiger partial charge in [-0.2, -0.15) is 0 Å². The van der Waals surface area contributed by atoms with Crippen molar-refractivity contribution in [3.63, 3.8) is 0 Å². The van der Waals surface area contributed by atoms with Gasteiger partial charge in [0.2, 0.25) is 5.91 Å². The molecule has 0 aliphatic carbocycles. The van der Waals surface area contributed by atoms with Gasteiger partial charge in [-0.05, 0) is 26.8 Å². The molecule has 1 amide bonds. The largest absolute Gasteiger partial charge is 0.342 e. The van der Waals surface area contributed by atoms with Crippen molar-refractivity contribution >= 4 is 11.6 Å². The van der Waals surface area contributed by atoms with Crippen LogP contribution in [0.15, 0.2) is 24.3 Å². The third kappa shape index (κ3) is 4.62. The zero-order chi connectivity index (χ0) is 15.0. The number of nitrogens with one attached hydrogen (secondary N) is 1. The van der Waals surface area contributed by atoms with Gasteiger partial charge in [-0.25, -0.2) is 0 Å². The van der Waals surface area contributed by atoms with Gasteiger partial charge in [0.25, 0.3) is 5.69 Å². The molecule has 1 N–H and O–H groups in total. The second kappa shape index (κ2) is 8.27. The lowest BCUT2D eigenvalue weighted by atomic mass is 10.1. The van der Waals surface area contributed by atoms with Crippen LogP contribution in [-0.4, -0.2) is 41.9 Å². The summed E-state index contributed by atoms with van der Waals surface area (Å²) in [6.45, 7) is 6.08. The fraction of sp³-hybridized carbons (Fsp3) is 0.500. The van der Waals surface area contributed by atoms with Gasteiger partial charge in [0.15, 0.2) is 0 Å². The third-order valence-electron chi connectivity index (χ3n) is 3.15.